The summed E-state index contributed by atoms with van der Waals surface area (Å²) in [5.41, 5.74) is 1.83. The Morgan fingerprint density at radius 3 is 2.33 bits per heavy atom. The molecule has 1 atom stereocenters. The van der Waals surface area contributed by atoms with E-state index in [1.165, 1.54) is 0 Å². The molecule has 0 bridgehead atoms. The maximum absolute atomic E-state index is 12.4. The smallest absolute Gasteiger partial charge is 0.246 e. The highest BCUT2D eigenvalue weighted by Crippen LogP contribution is 2.18. The van der Waals surface area contributed by atoms with Crippen LogP contribution in [0.2, 0.25) is 0 Å². The van der Waals surface area contributed by atoms with Gasteiger partial charge in [0.15, 0.2) is 0 Å². The van der Waals surface area contributed by atoms with Crippen LogP contribution in [0.3, 0.4) is 0 Å². The quantitative estimate of drug-likeness (QED) is 0.785. The van der Waals surface area contributed by atoms with Crippen LogP contribution in [0.4, 0.5) is 11.4 Å². The number of benzene rings is 2. The third kappa shape index (κ3) is 5.01. The number of amides is 1. The van der Waals surface area contributed by atoms with E-state index in [4.69, 9.17) is 4.74 Å². The Morgan fingerprint density at radius 2 is 1.75 bits per heavy atom. The van der Waals surface area contributed by atoms with Crippen molar-refractivity contribution < 1.29 is 9.53 Å². The lowest BCUT2D eigenvalue weighted by molar-refractivity contribution is -0.116. The van der Waals surface area contributed by atoms with Crippen molar-refractivity contribution in [1.82, 2.24) is 0 Å². The Balaban J connectivity index is 1.91. The molecule has 1 unspecified atom stereocenters. The van der Waals surface area contributed by atoms with Crippen molar-refractivity contribution in [1.29, 1.82) is 0 Å². The van der Waals surface area contributed by atoms with Gasteiger partial charge in [-0.15, -0.1) is 0 Å². The summed E-state index contributed by atoms with van der Waals surface area (Å²) >= 11 is 0. The van der Waals surface area contributed by atoms with E-state index < -0.39 is 0 Å². The summed E-state index contributed by atoms with van der Waals surface area (Å²) in [6.45, 7) is 7.03. The van der Waals surface area contributed by atoms with E-state index in [2.05, 4.69) is 12.2 Å². The van der Waals surface area contributed by atoms with Crippen molar-refractivity contribution in [2.45, 2.75) is 33.3 Å². The van der Waals surface area contributed by atoms with Crippen molar-refractivity contribution in [2.24, 2.45) is 0 Å². The fourth-order valence-corrected chi connectivity index (χ4v) is 2.35. The van der Waals surface area contributed by atoms with Crippen LogP contribution in [0, 0.1) is 0 Å². The van der Waals surface area contributed by atoms with Gasteiger partial charge in [0.25, 0.3) is 0 Å². The lowest BCUT2D eigenvalue weighted by Gasteiger charge is -2.21. The average molecular weight is 326 g/mol. The van der Waals surface area contributed by atoms with Crippen LogP contribution in [0.15, 0.2) is 54.6 Å². The van der Waals surface area contributed by atoms with Gasteiger partial charge in [-0.2, -0.15) is 0 Å². The molecule has 4 nitrogen and oxygen atoms in total. The molecule has 0 saturated heterocycles. The Bertz CT molecular complexity index is 626. The molecule has 2 aromatic carbocycles. The second-order valence-corrected chi connectivity index (χ2v) is 5.69. The maximum atomic E-state index is 12.4. The molecule has 0 heterocycles. The van der Waals surface area contributed by atoms with Crippen LogP contribution < -0.4 is 15.0 Å². The SMILES string of the molecule is CCC(C)Oc1ccc(NCC(=O)N(CC)c2ccccc2)cc1. The highest BCUT2D eigenvalue weighted by molar-refractivity contribution is 5.96. The van der Waals surface area contributed by atoms with E-state index in [-0.39, 0.29) is 18.6 Å². The lowest BCUT2D eigenvalue weighted by atomic mass is 10.2. The number of carbonyl (C=O) groups excluding carboxylic acids is 1. The summed E-state index contributed by atoms with van der Waals surface area (Å²) in [6, 6.07) is 17.4. The van der Waals surface area contributed by atoms with E-state index in [9.17, 15) is 4.79 Å². The Kier molecular flexibility index (Phi) is 6.67. The van der Waals surface area contributed by atoms with Crippen molar-refractivity contribution in [3.63, 3.8) is 0 Å². The number of nitrogens with one attached hydrogen (secondary N) is 1. The summed E-state index contributed by atoms with van der Waals surface area (Å²) < 4.78 is 5.75. The number of hydrogen-bond acceptors (Lipinski definition) is 3. The number of likely N-dealkylation sites (N-methyl/N-ethyl adjacent to an activating group) is 1. The van der Waals surface area contributed by atoms with Crippen LogP contribution in [-0.4, -0.2) is 25.1 Å². The van der Waals surface area contributed by atoms with Crippen molar-refractivity contribution >= 4 is 17.3 Å². The molecule has 0 radical (unpaired) electrons. The van der Waals surface area contributed by atoms with Gasteiger partial charge < -0.3 is 15.0 Å². The van der Waals surface area contributed by atoms with Gasteiger partial charge in [0, 0.05) is 17.9 Å². The van der Waals surface area contributed by atoms with Gasteiger partial charge in [-0.05, 0) is 56.7 Å². The van der Waals surface area contributed by atoms with Crippen molar-refractivity contribution in [3.05, 3.63) is 54.6 Å². The van der Waals surface area contributed by atoms with Crippen molar-refractivity contribution in [3.8, 4) is 5.75 Å². The summed E-state index contributed by atoms with van der Waals surface area (Å²) in [4.78, 5) is 14.2. The number of rotatable bonds is 8. The van der Waals surface area contributed by atoms with Crippen molar-refractivity contribution in [2.75, 3.05) is 23.3 Å². The third-order valence-corrected chi connectivity index (χ3v) is 3.90. The highest BCUT2D eigenvalue weighted by Gasteiger charge is 2.13. The second-order valence-electron chi connectivity index (χ2n) is 5.69. The number of anilines is 2. The van der Waals surface area contributed by atoms with Gasteiger partial charge in [0.05, 0.1) is 12.6 Å². The molecule has 1 N–H and O–H groups in total. The minimum atomic E-state index is 0.0450. The summed E-state index contributed by atoms with van der Waals surface area (Å²) in [7, 11) is 0. The molecule has 4 heteroatoms. The summed E-state index contributed by atoms with van der Waals surface area (Å²) in [5.74, 6) is 0.893. The first-order valence-electron chi connectivity index (χ1n) is 8.50. The molecule has 0 aliphatic heterocycles. The molecule has 1 amide bonds. The van der Waals surface area contributed by atoms with E-state index in [0.717, 1.165) is 23.5 Å². The fraction of sp³-hybridized carbons (Fsp3) is 0.350. The Labute approximate surface area is 144 Å². The van der Waals surface area contributed by atoms with E-state index in [0.29, 0.717) is 6.54 Å². The number of para-hydroxylation sites is 1. The second kappa shape index (κ2) is 8.96. The predicted octanol–water partition coefficient (Wildman–Crippen LogP) is 4.33. The standard InChI is InChI=1S/C20H26N2O2/c1-4-16(3)24-19-13-11-17(12-14-19)21-15-20(23)22(5-2)18-9-7-6-8-10-18/h6-14,16,21H,4-5,15H2,1-3H3. The Hall–Kier alpha value is -2.49. The van der Waals surface area contributed by atoms with Gasteiger partial charge >= 0.3 is 0 Å². The largest absolute Gasteiger partial charge is 0.491 e. The molecule has 128 valence electrons. The van der Waals surface area contributed by atoms with E-state index >= 15 is 0 Å². The molecule has 2 rings (SSSR count). The van der Waals surface area contributed by atoms with E-state index in [1.807, 2.05) is 68.4 Å². The number of ether oxygens (including phenoxy) is 1. The maximum Gasteiger partial charge on any atom is 0.246 e. The first-order chi connectivity index (χ1) is 11.6. The first kappa shape index (κ1) is 17.9. The van der Waals surface area contributed by atoms with Crippen LogP contribution in [-0.2, 0) is 4.79 Å². The van der Waals surface area contributed by atoms with Crippen LogP contribution in [0.1, 0.15) is 27.2 Å². The zero-order valence-electron chi connectivity index (χ0n) is 14.7. The molecule has 0 spiro atoms. The molecular weight excluding hydrogens is 300 g/mol. The third-order valence-electron chi connectivity index (χ3n) is 3.90. The van der Waals surface area contributed by atoms with Gasteiger partial charge in [-0.25, -0.2) is 0 Å². The molecule has 24 heavy (non-hydrogen) atoms. The molecule has 0 aromatic heterocycles. The highest BCUT2D eigenvalue weighted by atomic mass is 16.5. The molecule has 0 aliphatic carbocycles. The molecule has 2 aromatic rings. The molecule has 0 saturated carbocycles. The zero-order chi connectivity index (χ0) is 17.4. The van der Waals surface area contributed by atoms with Crippen LogP contribution in [0.5, 0.6) is 5.75 Å². The normalized spacial score (nSPS) is 11.6. The minimum Gasteiger partial charge on any atom is -0.491 e. The monoisotopic (exact) mass is 326 g/mol. The molecule has 0 fully saturated rings. The molecule has 0 aliphatic rings. The number of nitrogens with zero attached hydrogens (tertiary/aromatic N) is 1. The van der Waals surface area contributed by atoms with E-state index in [1.54, 1.807) is 4.90 Å². The van der Waals surface area contributed by atoms with Gasteiger partial charge in [-0.1, -0.05) is 25.1 Å². The first-order valence-corrected chi connectivity index (χ1v) is 8.50. The predicted molar refractivity (Wildman–Crippen MR) is 99.8 cm³/mol. The lowest BCUT2D eigenvalue weighted by Crippen LogP contribution is -2.35. The van der Waals surface area contributed by atoms with Gasteiger partial charge in [0.2, 0.25) is 5.91 Å². The summed E-state index contributed by atoms with van der Waals surface area (Å²) in [5, 5.41) is 3.18. The van der Waals surface area contributed by atoms with Crippen LogP contribution in [0.25, 0.3) is 0 Å². The average Bonchev–Trinajstić information content (AvgIpc) is 2.62. The van der Waals surface area contributed by atoms with Crippen LogP contribution >= 0.6 is 0 Å². The van der Waals surface area contributed by atoms with Gasteiger partial charge in [0.1, 0.15) is 5.75 Å². The zero-order valence-corrected chi connectivity index (χ0v) is 14.7. The summed E-state index contributed by atoms with van der Waals surface area (Å²) in [6.07, 6.45) is 1.18. The number of hydrogen-bond donors (Lipinski definition) is 1. The molecular formula is C20H26N2O2. The topological polar surface area (TPSA) is 41.6 Å². The Morgan fingerprint density at radius 1 is 1.08 bits per heavy atom. The minimum absolute atomic E-state index is 0.0450. The van der Waals surface area contributed by atoms with Gasteiger partial charge in [-0.3, -0.25) is 4.79 Å². The number of carbonyl (C=O) groups is 1. The fourth-order valence-electron chi connectivity index (χ4n) is 2.35.